The molecule has 0 saturated carbocycles. The van der Waals surface area contributed by atoms with Crippen LogP contribution < -0.4 is 0 Å². The summed E-state index contributed by atoms with van der Waals surface area (Å²) < 4.78 is 0. The molecule has 0 aliphatic rings. The van der Waals surface area contributed by atoms with Crippen LogP contribution in [0, 0.1) is 6.92 Å². The van der Waals surface area contributed by atoms with Gasteiger partial charge in [-0.2, -0.15) is 0 Å². The standard InChI is InChI=1S/C14H11ClOS/c1-10-7-11(9-16)5-6-14(10)17-13-4-2-3-12(15)8-13/h2-9H,1H3. The summed E-state index contributed by atoms with van der Waals surface area (Å²) in [7, 11) is 0. The molecule has 0 fully saturated rings. The number of hydrogen-bond donors (Lipinski definition) is 0. The van der Waals surface area contributed by atoms with Gasteiger partial charge in [0.15, 0.2) is 0 Å². The lowest BCUT2D eigenvalue weighted by atomic mass is 10.2. The van der Waals surface area contributed by atoms with Gasteiger partial charge in [-0.3, -0.25) is 4.79 Å². The van der Waals surface area contributed by atoms with Crippen molar-refractivity contribution < 1.29 is 4.79 Å². The van der Waals surface area contributed by atoms with E-state index in [1.807, 2.05) is 49.4 Å². The third-order valence-corrected chi connectivity index (χ3v) is 3.76. The molecule has 0 bridgehead atoms. The topological polar surface area (TPSA) is 17.1 Å². The fourth-order valence-corrected chi connectivity index (χ4v) is 2.72. The maximum Gasteiger partial charge on any atom is 0.150 e. The highest BCUT2D eigenvalue weighted by atomic mass is 35.5. The van der Waals surface area contributed by atoms with Crippen molar-refractivity contribution in [1.82, 2.24) is 0 Å². The first kappa shape index (κ1) is 12.2. The first-order valence-corrected chi connectivity index (χ1v) is 6.38. The summed E-state index contributed by atoms with van der Waals surface area (Å²) >= 11 is 7.59. The smallest absolute Gasteiger partial charge is 0.150 e. The number of carbonyl (C=O) groups excluding carboxylic acids is 1. The molecule has 3 heteroatoms. The first-order chi connectivity index (χ1) is 8.19. The summed E-state index contributed by atoms with van der Waals surface area (Å²) in [6, 6.07) is 13.4. The quantitative estimate of drug-likeness (QED) is 0.752. The molecule has 2 rings (SSSR count). The SMILES string of the molecule is Cc1cc(C=O)ccc1Sc1cccc(Cl)c1. The number of carbonyl (C=O) groups is 1. The number of aryl methyl sites for hydroxylation is 1. The number of benzene rings is 2. The van der Waals surface area contributed by atoms with Gasteiger partial charge in [0.2, 0.25) is 0 Å². The van der Waals surface area contributed by atoms with Gasteiger partial charge in [0.1, 0.15) is 6.29 Å². The zero-order valence-electron chi connectivity index (χ0n) is 9.31. The first-order valence-electron chi connectivity index (χ1n) is 5.18. The van der Waals surface area contributed by atoms with Crippen molar-refractivity contribution >= 4 is 29.6 Å². The molecule has 0 radical (unpaired) electrons. The lowest BCUT2D eigenvalue weighted by Gasteiger charge is -2.06. The van der Waals surface area contributed by atoms with Gasteiger partial charge >= 0.3 is 0 Å². The molecule has 0 unspecified atom stereocenters. The van der Waals surface area contributed by atoms with Gasteiger partial charge in [0.25, 0.3) is 0 Å². The molecule has 0 N–H and O–H groups in total. The van der Waals surface area contributed by atoms with Gasteiger partial charge in [0.05, 0.1) is 0 Å². The van der Waals surface area contributed by atoms with Crippen LogP contribution >= 0.6 is 23.4 Å². The molecule has 0 aromatic heterocycles. The largest absolute Gasteiger partial charge is 0.298 e. The normalized spacial score (nSPS) is 10.2. The lowest BCUT2D eigenvalue weighted by Crippen LogP contribution is -1.84. The van der Waals surface area contributed by atoms with Crippen molar-refractivity contribution in [2.45, 2.75) is 16.7 Å². The second-order valence-electron chi connectivity index (χ2n) is 3.70. The van der Waals surface area contributed by atoms with E-state index in [0.29, 0.717) is 5.56 Å². The monoisotopic (exact) mass is 262 g/mol. The Kier molecular flexibility index (Phi) is 3.87. The fourth-order valence-electron chi connectivity index (χ4n) is 1.52. The summed E-state index contributed by atoms with van der Waals surface area (Å²) in [5.74, 6) is 0. The maximum atomic E-state index is 10.6. The van der Waals surface area contributed by atoms with E-state index in [1.54, 1.807) is 11.8 Å². The van der Waals surface area contributed by atoms with E-state index in [4.69, 9.17) is 11.6 Å². The Morgan fingerprint density at radius 3 is 2.65 bits per heavy atom. The lowest BCUT2D eigenvalue weighted by molar-refractivity contribution is 0.112. The summed E-state index contributed by atoms with van der Waals surface area (Å²) in [6.45, 7) is 2.00. The van der Waals surface area contributed by atoms with Crippen LogP contribution in [-0.4, -0.2) is 6.29 Å². The van der Waals surface area contributed by atoms with E-state index < -0.39 is 0 Å². The molecule has 2 aromatic carbocycles. The summed E-state index contributed by atoms with van der Waals surface area (Å²) in [6.07, 6.45) is 0.862. The molecule has 0 aliphatic carbocycles. The minimum atomic E-state index is 0.706. The van der Waals surface area contributed by atoms with E-state index >= 15 is 0 Å². The molecule has 0 spiro atoms. The van der Waals surface area contributed by atoms with E-state index in [0.717, 1.165) is 26.7 Å². The average Bonchev–Trinajstić information content (AvgIpc) is 2.32. The molecular weight excluding hydrogens is 252 g/mol. The van der Waals surface area contributed by atoms with Crippen LogP contribution in [0.3, 0.4) is 0 Å². The van der Waals surface area contributed by atoms with Gasteiger partial charge in [-0.05, 0) is 42.8 Å². The van der Waals surface area contributed by atoms with Crippen LogP contribution in [0.15, 0.2) is 52.3 Å². The van der Waals surface area contributed by atoms with Crippen LogP contribution in [0.5, 0.6) is 0 Å². The van der Waals surface area contributed by atoms with Crippen LogP contribution in [0.1, 0.15) is 15.9 Å². The Labute approximate surface area is 110 Å². The van der Waals surface area contributed by atoms with Crippen molar-refractivity contribution in [3.63, 3.8) is 0 Å². The molecule has 1 nitrogen and oxygen atoms in total. The number of aldehydes is 1. The van der Waals surface area contributed by atoms with Gasteiger partial charge in [-0.1, -0.05) is 35.5 Å². The van der Waals surface area contributed by atoms with E-state index in [9.17, 15) is 4.79 Å². The molecular formula is C14H11ClOS. The molecule has 0 saturated heterocycles. The molecule has 0 atom stereocenters. The minimum Gasteiger partial charge on any atom is -0.298 e. The number of halogens is 1. The summed E-state index contributed by atoms with van der Waals surface area (Å²) in [5, 5.41) is 0.733. The van der Waals surface area contributed by atoms with Gasteiger partial charge in [-0.15, -0.1) is 0 Å². The van der Waals surface area contributed by atoms with E-state index in [-0.39, 0.29) is 0 Å². The van der Waals surface area contributed by atoms with E-state index in [2.05, 4.69) is 0 Å². The predicted octanol–water partition coefficient (Wildman–Crippen LogP) is 4.61. The van der Waals surface area contributed by atoms with E-state index in [1.165, 1.54) is 0 Å². The third kappa shape index (κ3) is 3.11. The average molecular weight is 263 g/mol. The van der Waals surface area contributed by atoms with Gasteiger partial charge in [0, 0.05) is 20.4 Å². The van der Waals surface area contributed by atoms with Gasteiger partial charge < -0.3 is 0 Å². The minimum absolute atomic E-state index is 0.706. The Morgan fingerprint density at radius 1 is 1.18 bits per heavy atom. The van der Waals surface area contributed by atoms with Crippen LogP contribution in [0.2, 0.25) is 5.02 Å². The zero-order valence-corrected chi connectivity index (χ0v) is 10.9. The number of hydrogen-bond acceptors (Lipinski definition) is 2. The van der Waals surface area contributed by atoms with Crippen molar-refractivity contribution in [2.75, 3.05) is 0 Å². The number of rotatable bonds is 3. The van der Waals surface area contributed by atoms with Crippen molar-refractivity contribution in [3.8, 4) is 0 Å². The van der Waals surface area contributed by atoms with Crippen LogP contribution in [0.4, 0.5) is 0 Å². The summed E-state index contributed by atoms with van der Waals surface area (Å²) in [4.78, 5) is 12.9. The van der Waals surface area contributed by atoms with Gasteiger partial charge in [-0.25, -0.2) is 0 Å². The Morgan fingerprint density at radius 2 is 2.00 bits per heavy atom. The highest BCUT2D eigenvalue weighted by Gasteiger charge is 2.02. The molecule has 86 valence electrons. The molecule has 0 heterocycles. The summed E-state index contributed by atoms with van der Waals surface area (Å²) in [5.41, 5.74) is 1.80. The second kappa shape index (κ2) is 5.39. The molecule has 2 aromatic rings. The van der Waals surface area contributed by atoms with Crippen LogP contribution in [0.25, 0.3) is 0 Å². The predicted molar refractivity (Wildman–Crippen MR) is 72.1 cm³/mol. The molecule has 0 aliphatic heterocycles. The van der Waals surface area contributed by atoms with Crippen molar-refractivity contribution in [3.05, 3.63) is 58.6 Å². The molecule has 0 amide bonds. The highest BCUT2D eigenvalue weighted by molar-refractivity contribution is 7.99. The van der Waals surface area contributed by atoms with Crippen LogP contribution in [-0.2, 0) is 0 Å². The Balaban J connectivity index is 2.27. The highest BCUT2D eigenvalue weighted by Crippen LogP contribution is 2.31. The van der Waals surface area contributed by atoms with Crippen molar-refractivity contribution in [1.29, 1.82) is 0 Å². The fraction of sp³-hybridized carbons (Fsp3) is 0.0714. The zero-order chi connectivity index (χ0) is 12.3. The second-order valence-corrected chi connectivity index (χ2v) is 5.25. The maximum absolute atomic E-state index is 10.6. The Hall–Kier alpha value is -1.25. The Bertz CT molecular complexity index is 552. The molecule has 17 heavy (non-hydrogen) atoms. The third-order valence-electron chi connectivity index (χ3n) is 2.36. The van der Waals surface area contributed by atoms with Crippen molar-refractivity contribution in [2.24, 2.45) is 0 Å².